The molecule has 26 heavy (non-hydrogen) atoms. The van der Waals surface area contributed by atoms with Gasteiger partial charge in [-0.15, -0.1) is 0 Å². The number of pyridine rings is 1. The highest BCUT2D eigenvalue weighted by atomic mass is 16.5. The fourth-order valence-electron chi connectivity index (χ4n) is 3.05. The van der Waals surface area contributed by atoms with Crippen molar-refractivity contribution in [3.8, 4) is 0 Å². The fraction of sp³-hybridized carbons (Fsp3) is 0.400. The van der Waals surface area contributed by atoms with Crippen molar-refractivity contribution in [3.63, 3.8) is 0 Å². The zero-order chi connectivity index (χ0) is 18.2. The number of rotatable bonds is 6. The Hall–Kier alpha value is -2.44. The van der Waals surface area contributed by atoms with E-state index in [0.717, 1.165) is 37.5 Å². The van der Waals surface area contributed by atoms with Gasteiger partial charge in [0.25, 0.3) is 0 Å². The molecule has 138 valence electrons. The zero-order valence-electron chi connectivity index (χ0n) is 15.1. The largest absolute Gasteiger partial charge is 0.376 e. The molecule has 0 radical (unpaired) electrons. The third-order valence-corrected chi connectivity index (χ3v) is 4.33. The van der Waals surface area contributed by atoms with Gasteiger partial charge in [0, 0.05) is 32.4 Å². The number of urea groups is 1. The number of nitrogens with zero attached hydrogens (tertiary/aromatic N) is 2. The lowest BCUT2D eigenvalue weighted by Gasteiger charge is -2.31. The van der Waals surface area contributed by atoms with Crippen molar-refractivity contribution in [2.75, 3.05) is 19.7 Å². The number of nitrogens with one attached hydrogen (secondary N) is 2. The summed E-state index contributed by atoms with van der Waals surface area (Å²) in [6.45, 7) is 6.65. The van der Waals surface area contributed by atoms with Crippen LogP contribution in [0.4, 0.5) is 4.79 Å². The first-order valence-electron chi connectivity index (χ1n) is 9.02. The summed E-state index contributed by atoms with van der Waals surface area (Å²) in [5.41, 5.74) is 3.19. The van der Waals surface area contributed by atoms with E-state index in [1.807, 2.05) is 30.3 Å². The molecule has 6 heteroatoms. The van der Waals surface area contributed by atoms with Crippen LogP contribution in [0, 0.1) is 0 Å². The number of aromatic nitrogens is 1. The van der Waals surface area contributed by atoms with E-state index in [0.29, 0.717) is 13.1 Å². The van der Waals surface area contributed by atoms with Crippen molar-refractivity contribution in [1.82, 2.24) is 20.5 Å². The van der Waals surface area contributed by atoms with E-state index in [9.17, 15) is 4.79 Å². The second-order valence-corrected chi connectivity index (χ2v) is 6.59. The van der Waals surface area contributed by atoms with Crippen LogP contribution in [0.1, 0.15) is 23.7 Å². The number of hydrogen-bond acceptors (Lipinski definition) is 4. The molecule has 3 rings (SSSR count). The maximum absolute atomic E-state index is 12.0. The van der Waals surface area contributed by atoms with Crippen molar-refractivity contribution in [2.45, 2.75) is 32.7 Å². The van der Waals surface area contributed by atoms with Crippen LogP contribution in [0.15, 0.2) is 48.7 Å². The Morgan fingerprint density at radius 1 is 1.19 bits per heavy atom. The summed E-state index contributed by atoms with van der Waals surface area (Å²) in [5, 5.41) is 5.72. The minimum Gasteiger partial charge on any atom is -0.376 e. The van der Waals surface area contributed by atoms with Crippen molar-refractivity contribution in [2.24, 2.45) is 0 Å². The van der Waals surface area contributed by atoms with Gasteiger partial charge in [-0.05, 0) is 30.2 Å². The highest BCUT2D eigenvalue weighted by Crippen LogP contribution is 2.12. The predicted molar refractivity (Wildman–Crippen MR) is 100 cm³/mol. The topological polar surface area (TPSA) is 66.5 Å². The van der Waals surface area contributed by atoms with Gasteiger partial charge in [0.2, 0.25) is 0 Å². The summed E-state index contributed by atoms with van der Waals surface area (Å²) in [5.74, 6) is 0. The summed E-state index contributed by atoms with van der Waals surface area (Å²) >= 11 is 0. The second-order valence-electron chi connectivity index (χ2n) is 6.59. The Morgan fingerprint density at radius 3 is 2.85 bits per heavy atom. The average molecular weight is 354 g/mol. The number of benzene rings is 1. The second kappa shape index (κ2) is 9.31. The van der Waals surface area contributed by atoms with Gasteiger partial charge < -0.3 is 15.4 Å². The van der Waals surface area contributed by atoms with Gasteiger partial charge in [0.15, 0.2) is 0 Å². The minimum absolute atomic E-state index is 0.192. The summed E-state index contributed by atoms with van der Waals surface area (Å²) in [4.78, 5) is 18.5. The van der Waals surface area contributed by atoms with Crippen LogP contribution in [-0.4, -0.2) is 41.7 Å². The third-order valence-electron chi connectivity index (χ3n) is 4.33. The Balaban J connectivity index is 1.45. The lowest BCUT2D eigenvalue weighted by Crippen LogP contribution is -2.40. The van der Waals surface area contributed by atoms with Crippen LogP contribution in [0.3, 0.4) is 0 Å². The average Bonchev–Trinajstić information content (AvgIpc) is 2.66. The van der Waals surface area contributed by atoms with Gasteiger partial charge in [-0.2, -0.15) is 0 Å². The number of morpholine rings is 1. The Morgan fingerprint density at radius 2 is 2.04 bits per heavy atom. The number of carbonyl (C=O) groups excluding carboxylic acids is 1. The highest BCUT2D eigenvalue weighted by Gasteiger charge is 2.16. The van der Waals surface area contributed by atoms with Crippen LogP contribution in [0.2, 0.25) is 0 Å². The molecule has 0 saturated carbocycles. The molecule has 1 aromatic carbocycles. The van der Waals surface area contributed by atoms with Gasteiger partial charge in [-0.25, -0.2) is 4.79 Å². The molecule has 0 bridgehead atoms. The molecule has 2 aromatic rings. The molecule has 1 saturated heterocycles. The third kappa shape index (κ3) is 5.82. The fourth-order valence-corrected chi connectivity index (χ4v) is 3.05. The molecule has 6 nitrogen and oxygen atoms in total. The lowest BCUT2D eigenvalue weighted by atomic mass is 10.1. The first kappa shape index (κ1) is 18.4. The van der Waals surface area contributed by atoms with Gasteiger partial charge in [-0.3, -0.25) is 9.88 Å². The smallest absolute Gasteiger partial charge is 0.315 e. The van der Waals surface area contributed by atoms with Crippen LogP contribution in [-0.2, 0) is 24.4 Å². The highest BCUT2D eigenvalue weighted by molar-refractivity contribution is 5.73. The van der Waals surface area contributed by atoms with Crippen molar-refractivity contribution >= 4 is 6.03 Å². The molecule has 0 aliphatic carbocycles. The maximum Gasteiger partial charge on any atom is 0.315 e. The zero-order valence-corrected chi connectivity index (χ0v) is 15.1. The number of carbonyl (C=O) groups is 1. The van der Waals surface area contributed by atoms with Crippen LogP contribution in [0.25, 0.3) is 0 Å². The molecule has 1 atom stereocenters. The van der Waals surface area contributed by atoms with Gasteiger partial charge >= 0.3 is 6.03 Å². The van der Waals surface area contributed by atoms with Crippen LogP contribution >= 0.6 is 0 Å². The van der Waals surface area contributed by atoms with E-state index >= 15 is 0 Å². The predicted octanol–water partition coefficient (Wildman–Crippen LogP) is 2.30. The summed E-state index contributed by atoms with van der Waals surface area (Å²) in [7, 11) is 0. The number of hydrogen-bond donors (Lipinski definition) is 2. The van der Waals surface area contributed by atoms with E-state index in [-0.39, 0.29) is 12.1 Å². The van der Waals surface area contributed by atoms with Crippen LogP contribution < -0.4 is 10.6 Å². The molecule has 1 aliphatic rings. The Labute approximate surface area is 154 Å². The summed E-state index contributed by atoms with van der Waals surface area (Å²) in [6, 6.07) is 13.8. The van der Waals surface area contributed by atoms with Crippen LogP contribution in [0.5, 0.6) is 0 Å². The van der Waals surface area contributed by atoms with E-state index in [4.69, 9.17) is 4.74 Å². The van der Waals surface area contributed by atoms with Gasteiger partial charge in [-0.1, -0.05) is 30.3 Å². The normalized spacial score (nSPS) is 17.7. The molecular formula is C20H26N4O2. The van der Waals surface area contributed by atoms with Crippen molar-refractivity contribution in [3.05, 3.63) is 65.5 Å². The van der Waals surface area contributed by atoms with E-state index < -0.39 is 0 Å². The first-order valence-corrected chi connectivity index (χ1v) is 9.02. The monoisotopic (exact) mass is 354 g/mol. The number of amides is 2. The van der Waals surface area contributed by atoms with Crippen molar-refractivity contribution < 1.29 is 9.53 Å². The quantitative estimate of drug-likeness (QED) is 0.835. The Bertz CT molecular complexity index is 708. The molecule has 1 aliphatic heterocycles. The lowest BCUT2D eigenvalue weighted by molar-refractivity contribution is -0.0212. The molecule has 0 spiro atoms. The summed E-state index contributed by atoms with van der Waals surface area (Å²) < 4.78 is 5.59. The van der Waals surface area contributed by atoms with E-state index in [1.165, 1.54) is 5.56 Å². The molecule has 1 unspecified atom stereocenters. The van der Waals surface area contributed by atoms with E-state index in [2.05, 4.69) is 39.6 Å². The summed E-state index contributed by atoms with van der Waals surface area (Å²) in [6.07, 6.45) is 2.01. The molecule has 2 amide bonds. The Kier molecular flexibility index (Phi) is 6.57. The van der Waals surface area contributed by atoms with Crippen molar-refractivity contribution in [1.29, 1.82) is 0 Å². The molecule has 1 aromatic heterocycles. The maximum atomic E-state index is 12.0. The SMILES string of the molecule is CC1CN(Cc2cccc(CNC(=O)NCc3ccccn3)c2)CCO1. The molecule has 2 N–H and O–H groups in total. The molecule has 1 fully saturated rings. The van der Waals surface area contributed by atoms with E-state index in [1.54, 1.807) is 6.20 Å². The molecular weight excluding hydrogens is 328 g/mol. The van der Waals surface area contributed by atoms with Gasteiger partial charge in [0.1, 0.15) is 0 Å². The molecule has 2 heterocycles. The first-order chi connectivity index (χ1) is 12.7. The standard InChI is InChI=1S/C20H26N4O2/c1-16-14-24(9-10-26-16)15-18-6-4-5-17(11-18)12-22-20(25)23-13-19-7-2-3-8-21-19/h2-8,11,16H,9-10,12-15H2,1H3,(H2,22,23,25). The minimum atomic E-state index is -0.192. The number of ether oxygens (including phenoxy) is 1. The van der Waals surface area contributed by atoms with Gasteiger partial charge in [0.05, 0.1) is 24.9 Å².